The fourth-order valence-electron chi connectivity index (χ4n) is 1.54. The molecule has 0 bridgehead atoms. The SMILES string of the molecule is O=C(COC(=O)c1cccc(I)c1)c1ccccc1. The van der Waals surface area contributed by atoms with Gasteiger partial charge in [0.15, 0.2) is 12.4 Å². The Labute approximate surface area is 124 Å². The number of esters is 1. The molecule has 0 saturated heterocycles. The molecule has 0 aromatic heterocycles. The van der Waals surface area contributed by atoms with Crippen molar-refractivity contribution in [2.24, 2.45) is 0 Å². The second-order valence-corrected chi connectivity index (χ2v) is 5.12. The minimum atomic E-state index is -0.484. The predicted molar refractivity (Wildman–Crippen MR) is 80.2 cm³/mol. The van der Waals surface area contributed by atoms with Crippen LogP contribution in [0.25, 0.3) is 0 Å². The van der Waals surface area contributed by atoms with E-state index in [0.717, 1.165) is 3.57 Å². The largest absolute Gasteiger partial charge is 0.454 e. The Morgan fingerprint density at radius 1 is 0.947 bits per heavy atom. The molecule has 4 heteroatoms. The van der Waals surface area contributed by atoms with Crippen LogP contribution in [0.1, 0.15) is 20.7 Å². The molecule has 0 unspecified atom stereocenters. The molecule has 0 aliphatic rings. The van der Waals surface area contributed by atoms with Crippen molar-refractivity contribution in [1.82, 2.24) is 0 Å². The number of hydrogen-bond acceptors (Lipinski definition) is 3. The number of carbonyl (C=O) groups excluding carboxylic acids is 2. The Morgan fingerprint density at radius 3 is 2.32 bits per heavy atom. The normalized spacial score (nSPS) is 9.95. The number of Topliss-reactive ketones (excluding diaryl/α,β-unsaturated/α-hetero) is 1. The van der Waals surface area contributed by atoms with E-state index in [1.54, 1.807) is 42.5 Å². The van der Waals surface area contributed by atoms with Crippen LogP contribution in [0.15, 0.2) is 54.6 Å². The minimum absolute atomic E-state index is 0.209. The second kappa shape index (κ2) is 6.47. The topological polar surface area (TPSA) is 43.4 Å². The van der Waals surface area contributed by atoms with Crippen LogP contribution < -0.4 is 0 Å². The lowest BCUT2D eigenvalue weighted by molar-refractivity contribution is 0.0474. The zero-order chi connectivity index (χ0) is 13.7. The first-order chi connectivity index (χ1) is 9.16. The molecule has 0 amide bonds. The third-order valence-corrected chi connectivity index (χ3v) is 3.16. The third kappa shape index (κ3) is 3.89. The summed E-state index contributed by atoms with van der Waals surface area (Å²) in [5.41, 5.74) is 0.991. The van der Waals surface area contributed by atoms with Gasteiger partial charge in [-0.2, -0.15) is 0 Å². The van der Waals surface area contributed by atoms with Crippen molar-refractivity contribution in [2.45, 2.75) is 0 Å². The smallest absolute Gasteiger partial charge is 0.338 e. The Balaban J connectivity index is 1.96. The van der Waals surface area contributed by atoms with Gasteiger partial charge in [0, 0.05) is 9.13 Å². The van der Waals surface area contributed by atoms with E-state index in [1.165, 1.54) is 0 Å². The fourth-order valence-corrected chi connectivity index (χ4v) is 2.08. The Morgan fingerprint density at radius 2 is 1.63 bits per heavy atom. The number of carbonyl (C=O) groups is 2. The van der Waals surface area contributed by atoms with Crippen molar-refractivity contribution >= 4 is 34.3 Å². The van der Waals surface area contributed by atoms with Crippen LogP contribution in [0.2, 0.25) is 0 Å². The molecule has 2 aromatic rings. The summed E-state index contributed by atoms with van der Waals surface area (Å²) in [6, 6.07) is 15.8. The quantitative estimate of drug-likeness (QED) is 0.474. The molecule has 2 aromatic carbocycles. The first-order valence-electron chi connectivity index (χ1n) is 5.68. The molecular weight excluding hydrogens is 355 g/mol. The van der Waals surface area contributed by atoms with Gasteiger partial charge in [0.1, 0.15) is 0 Å². The Hall–Kier alpha value is -1.69. The van der Waals surface area contributed by atoms with Crippen LogP contribution in [0.4, 0.5) is 0 Å². The first-order valence-corrected chi connectivity index (χ1v) is 6.75. The van der Waals surface area contributed by atoms with Gasteiger partial charge in [-0.15, -0.1) is 0 Å². The van der Waals surface area contributed by atoms with E-state index in [-0.39, 0.29) is 12.4 Å². The highest BCUT2D eigenvalue weighted by atomic mass is 127. The van der Waals surface area contributed by atoms with Crippen molar-refractivity contribution in [1.29, 1.82) is 0 Å². The summed E-state index contributed by atoms with van der Waals surface area (Å²) in [5.74, 6) is -0.692. The lowest BCUT2D eigenvalue weighted by atomic mass is 10.1. The van der Waals surface area contributed by atoms with Crippen LogP contribution in [-0.2, 0) is 4.74 Å². The van der Waals surface area contributed by atoms with Gasteiger partial charge >= 0.3 is 5.97 Å². The summed E-state index contributed by atoms with van der Waals surface area (Å²) in [7, 11) is 0. The van der Waals surface area contributed by atoms with Gasteiger partial charge in [0.2, 0.25) is 0 Å². The van der Waals surface area contributed by atoms with E-state index in [1.807, 2.05) is 12.1 Å². The Bertz CT molecular complexity index is 593. The number of halogens is 1. The predicted octanol–water partition coefficient (Wildman–Crippen LogP) is 3.33. The van der Waals surface area contributed by atoms with E-state index in [0.29, 0.717) is 11.1 Å². The summed E-state index contributed by atoms with van der Waals surface area (Å²) in [4.78, 5) is 23.5. The monoisotopic (exact) mass is 366 g/mol. The summed E-state index contributed by atoms with van der Waals surface area (Å²) >= 11 is 2.12. The molecule has 0 atom stereocenters. The van der Waals surface area contributed by atoms with E-state index >= 15 is 0 Å². The summed E-state index contributed by atoms with van der Waals surface area (Å²) in [6.07, 6.45) is 0. The van der Waals surface area contributed by atoms with Gasteiger partial charge in [-0.1, -0.05) is 36.4 Å². The molecule has 0 spiro atoms. The third-order valence-electron chi connectivity index (χ3n) is 2.49. The number of ether oxygens (including phenoxy) is 1. The molecule has 0 saturated carbocycles. The molecular formula is C15H11IO3. The molecule has 3 nitrogen and oxygen atoms in total. The van der Waals surface area contributed by atoms with Crippen molar-refractivity contribution in [3.05, 3.63) is 69.3 Å². The standard InChI is InChI=1S/C15H11IO3/c16-13-8-4-7-12(9-13)15(18)19-10-14(17)11-5-2-1-3-6-11/h1-9H,10H2. The molecule has 0 radical (unpaired) electrons. The molecule has 2 rings (SSSR count). The summed E-state index contributed by atoms with van der Waals surface area (Å²) < 4.78 is 5.95. The highest BCUT2D eigenvalue weighted by Gasteiger charge is 2.11. The maximum atomic E-state index is 11.8. The molecule has 19 heavy (non-hydrogen) atoms. The number of ketones is 1. The zero-order valence-corrected chi connectivity index (χ0v) is 12.2. The van der Waals surface area contributed by atoms with Crippen LogP contribution >= 0.6 is 22.6 Å². The van der Waals surface area contributed by atoms with Crippen LogP contribution in [0.5, 0.6) is 0 Å². The molecule has 0 heterocycles. The zero-order valence-electron chi connectivity index (χ0n) is 10.0. The first kappa shape index (κ1) is 13.7. The van der Waals surface area contributed by atoms with Gasteiger partial charge in [-0.05, 0) is 40.8 Å². The molecule has 0 aliphatic heterocycles. The van der Waals surface area contributed by atoms with E-state index in [9.17, 15) is 9.59 Å². The highest BCUT2D eigenvalue weighted by Crippen LogP contribution is 2.09. The van der Waals surface area contributed by atoms with Crippen LogP contribution in [-0.4, -0.2) is 18.4 Å². The van der Waals surface area contributed by atoms with Crippen molar-refractivity contribution in [3.63, 3.8) is 0 Å². The lowest BCUT2D eigenvalue weighted by Gasteiger charge is -2.04. The summed E-state index contributed by atoms with van der Waals surface area (Å²) in [5, 5.41) is 0. The van der Waals surface area contributed by atoms with Gasteiger partial charge in [-0.3, -0.25) is 4.79 Å². The van der Waals surface area contributed by atoms with Gasteiger partial charge < -0.3 is 4.74 Å². The van der Waals surface area contributed by atoms with E-state index < -0.39 is 5.97 Å². The highest BCUT2D eigenvalue weighted by molar-refractivity contribution is 14.1. The van der Waals surface area contributed by atoms with Crippen LogP contribution in [0.3, 0.4) is 0 Å². The van der Waals surface area contributed by atoms with Gasteiger partial charge in [0.25, 0.3) is 0 Å². The maximum absolute atomic E-state index is 11.8. The van der Waals surface area contributed by atoms with Crippen molar-refractivity contribution in [2.75, 3.05) is 6.61 Å². The maximum Gasteiger partial charge on any atom is 0.338 e. The van der Waals surface area contributed by atoms with E-state index in [2.05, 4.69) is 22.6 Å². The molecule has 0 aliphatic carbocycles. The van der Waals surface area contributed by atoms with Gasteiger partial charge in [-0.25, -0.2) is 4.79 Å². The number of rotatable bonds is 4. The average molecular weight is 366 g/mol. The fraction of sp³-hybridized carbons (Fsp3) is 0.0667. The van der Waals surface area contributed by atoms with Gasteiger partial charge in [0.05, 0.1) is 5.56 Å². The van der Waals surface area contributed by atoms with Crippen LogP contribution in [0, 0.1) is 3.57 Å². The number of benzene rings is 2. The lowest BCUT2D eigenvalue weighted by Crippen LogP contribution is -2.14. The number of hydrogen-bond donors (Lipinski definition) is 0. The van der Waals surface area contributed by atoms with E-state index in [4.69, 9.17) is 4.74 Å². The second-order valence-electron chi connectivity index (χ2n) is 3.88. The van der Waals surface area contributed by atoms with Crippen molar-refractivity contribution in [3.8, 4) is 0 Å². The molecule has 96 valence electrons. The minimum Gasteiger partial charge on any atom is -0.454 e. The average Bonchev–Trinajstić information content (AvgIpc) is 2.45. The molecule has 0 fully saturated rings. The summed E-state index contributed by atoms with van der Waals surface area (Å²) in [6.45, 7) is -0.242. The van der Waals surface area contributed by atoms with Crippen molar-refractivity contribution < 1.29 is 14.3 Å². The Kier molecular flexibility index (Phi) is 4.68. The molecule has 0 N–H and O–H groups in total.